The summed E-state index contributed by atoms with van der Waals surface area (Å²) in [5.41, 5.74) is 1.11. The third-order valence-corrected chi connectivity index (χ3v) is 4.12. The summed E-state index contributed by atoms with van der Waals surface area (Å²) in [4.78, 5) is 29.8. The van der Waals surface area contributed by atoms with Crippen LogP contribution in [0.1, 0.15) is 43.2 Å². The van der Waals surface area contributed by atoms with E-state index in [0.29, 0.717) is 17.9 Å². The van der Waals surface area contributed by atoms with Gasteiger partial charge in [0.05, 0.1) is 12.6 Å². The van der Waals surface area contributed by atoms with E-state index < -0.39 is 42.8 Å². The fraction of sp³-hybridized carbons (Fsp3) is 0.556. The molecule has 1 fully saturated rings. The minimum Gasteiger partial charge on any atom is -0.341 e. The average molecular weight is 364 g/mol. The van der Waals surface area contributed by atoms with Gasteiger partial charge in [-0.1, -0.05) is 13.8 Å². The molecule has 0 spiro atoms. The van der Waals surface area contributed by atoms with Crippen LogP contribution in [-0.4, -0.2) is 46.2 Å². The number of alkyl halides is 2. The first kappa shape index (κ1) is 19.8. The quantitative estimate of drug-likeness (QED) is 0.867. The smallest absolute Gasteiger partial charge is 0.268 e. The summed E-state index contributed by atoms with van der Waals surface area (Å²) < 4.78 is 27.0. The maximum atomic E-state index is 13.5. The van der Waals surface area contributed by atoms with Gasteiger partial charge in [0.25, 0.3) is 11.8 Å². The number of amides is 2. The summed E-state index contributed by atoms with van der Waals surface area (Å²) in [6, 6.07) is 2.69. The molecule has 0 saturated carbocycles. The molecule has 2 atom stereocenters. The Kier molecular flexibility index (Phi) is 5.90. The summed E-state index contributed by atoms with van der Waals surface area (Å²) in [6.07, 6.45) is 1.55. The number of likely N-dealkylation sites (tertiary alicyclic amines) is 1. The highest BCUT2D eigenvalue weighted by Gasteiger charge is 2.48. The van der Waals surface area contributed by atoms with E-state index in [4.69, 9.17) is 5.26 Å². The SMILES string of the molecule is CC(C)Cc1cc(C(=O)NC(C)C(=O)N2CC(F)(F)C[C@H]2C#N)ccn1. The molecule has 2 rings (SSSR count). The zero-order valence-electron chi connectivity index (χ0n) is 15.0. The molecule has 0 bridgehead atoms. The fourth-order valence-corrected chi connectivity index (χ4v) is 2.90. The van der Waals surface area contributed by atoms with Gasteiger partial charge in [0.2, 0.25) is 5.91 Å². The number of hydrogen-bond donors (Lipinski definition) is 1. The molecule has 0 radical (unpaired) electrons. The van der Waals surface area contributed by atoms with Crippen LogP contribution < -0.4 is 5.32 Å². The third kappa shape index (κ3) is 4.75. The predicted octanol–water partition coefficient (Wildman–Crippen LogP) is 2.16. The van der Waals surface area contributed by atoms with Crippen molar-refractivity contribution in [2.75, 3.05) is 6.54 Å². The molecule has 1 aliphatic heterocycles. The number of nitrogens with one attached hydrogen (secondary N) is 1. The van der Waals surface area contributed by atoms with Crippen molar-refractivity contribution in [3.8, 4) is 6.07 Å². The van der Waals surface area contributed by atoms with Crippen molar-refractivity contribution < 1.29 is 18.4 Å². The van der Waals surface area contributed by atoms with Crippen molar-refractivity contribution >= 4 is 11.8 Å². The lowest BCUT2D eigenvalue weighted by Crippen LogP contribution is -2.48. The normalized spacial score (nSPS) is 19.9. The minimum absolute atomic E-state index is 0.346. The van der Waals surface area contributed by atoms with E-state index in [1.165, 1.54) is 19.2 Å². The number of hydrogen-bond acceptors (Lipinski definition) is 4. The van der Waals surface area contributed by atoms with E-state index >= 15 is 0 Å². The van der Waals surface area contributed by atoms with Crippen molar-refractivity contribution in [1.29, 1.82) is 5.26 Å². The van der Waals surface area contributed by atoms with Crippen LogP contribution in [0.3, 0.4) is 0 Å². The molecular weight excluding hydrogens is 342 g/mol. The number of rotatable bonds is 5. The summed E-state index contributed by atoms with van der Waals surface area (Å²) in [7, 11) is 0. The van der Waals surface area contributed by atoms with E-state index in [1.807, 2.05) is 13.8 Å². The maximum absolute atomic E-state index is 13.5. The van der Waals surface area contributed by atoms with Crippen LogP contribution >= 0.6 is 0 Å². The Balaban J connectivity index is 2.05. The third-order valence-electron chi connectivity index (χ3n) is 4.12. The molecule has 0 aromatic carbocycles. The summed E-state index contributed by atoms with van der Waals surface area (Å²) in [5, 5.41) is 11.5. The van der Waals surface area contributed by atoms with Gasteiger partial charge in [0, 0.05) is 23.9 Å². The van der Waals surface area contributed by atoms with Gasteiger partial charge in [0.15, 0.2) is 0 Å². The van der Waals surface area contributed by atoms with Crippen molar-refractivity contribution in [1.82, 2.24) is 15.2 Å². The number of nitrogens with zero attached hydrogens (tertiary/aromatic N) is 3. The highest BCUT2D eigenvalue weighted by molar-refractivity contribution is 5.97. The topological polar surface area (TPSA) is 86.1 Å². The molecule has 2 amide bonds. The molecule has 1 unspecified atom stereocenters. The average Bonchev–Trinajstić information content (AvgIpc) is 2.88. The van der Waals surface area contributed by atoms with Gasteiger partial charge in [-0.25, -0.2) is 8.78 Å². The van der Waals surface area contributed by atoms with Gasteiger partial charge in [-0.05, 0) is 31.4 Å². The highest BCUT2D eigenvalue weighted by atomic mass is 19.3. The van der Waals surface area contributed by atoms with Gasteiger partial charge < -0.3 is 10.2 Å². The Bertz CT molecular complexity index is 730. The van der Waals surface area contributed by atoms with Crippen molar-refractivity contribution in [3.05, 3.63) is 29.6 Å². The number of carbonyl (C=O) groups is 2. The van der Waals surface area contributed by atoms with Gasteiger partial charge >= 0.3 is 0 Å². The Labute approximate surface area is 151 Å². The van der Waals surface area contributed by atoms with Crippen molar-refractivity contribution in [2.45, 2.75) is 51.6 Å². The zero-order chi connectivity index (χ0) is 19.5. The molecule has 0 aliphatic carbocycles. The second-order valence-electron chi connectivity index (χ2n) is 7.00. The molecule has 2 heterocycles. The predicted molar refractivity (Wildman–Crippen MR) is 90.4 cm³/mol. The number of nitriles is 1. The highest BCUT2D eigenvalue weighted by Crippen LogP contribution is 2.32. The largest absolute Gasteiger partial charge is 0.341 e. The Hall–Kier alpha value is -2.56. The summed E-state index contributed by atoms with van der Waals surface area (Å²) in [6.45, 7) is 4.68. The van der Waals surface area contributed by atoms with Crippen molar-refractivity contribution in [2.24, 2.45) is 5.92 Å². The second kappa shape index (κ2) is 7.77. The van der Waals surface area contributed by atoms with Gasteiger partial charge in [-0.15, -0.1) is 0 Å². The zero-order valence-corrected chi connectivity index (χ0v) is 15.0. The van der Waals surface area contributed by atoms with E-state index in [-0.39, 0.29) is 0 Å². The summed E-state index contributed by atoms with van der Waals surface area (Å²) in [5.74, 6) is -3.89. The number of pyridine rings is 1. The minimum atomic E-state index is -3.09. The Morgan fingerprint density at radius 2 is 2.15 bits per heavy atom. The lowest BCUT2D eigenvalue weighted by Gasteiger charge is -2.23. The van der Waals surface area contributed by atoms with E-state index in [2.05, 4.69) is 10.3 Å². The van der Waals surface area contributed by atoms with Crippen LogP contribution in [-0.2, 0) is 11.2 Å². The molecule has 6 nitrogen and oxygen atoms in total. The van der Waals surface area contributed by atoms with Gasteiger partial charge in [-0.3, -0.25) is 14.6 Å². The first-order chi connectivity index (χ1) is 12.1. The molecule has 8 heteroatoms. The van der Waals surface area contributed by atoms with Crippen LogP contribution in [0.5, 0.6) is 0 Å². The van der Waals surface area contributed by atoms with Crippen LogP contribution in [0, 0.1) is 17.2 Å². The first-order valence-corrected chi connectivity index (χ1v) is 8.46. The molecule has 140 valence electrons. The fourth-order valence-electron chi connectivity index (χ4n) is 2.90. The molecule has 1 N–H and O–H groups in total. The monoisotopic (exact) mass is 364 g/mol. The van der Waals surface area contributed by atoms with E-state index in [9.17, 15) is 18.4 Å². The molecule has 1 aromatic heterocycles. The molecule has 1 saturated heterocycles. The van der Waals surface area contributed by atoms with Crippen LogP contribution in [0.15, 0.2) is 18.3 Å². The number of carbonyl (C=O) groups excluding carboxylic acids is 2. The maximum Gasteiger partial charge on any atom is 0.268 e. The lowest BCUT2D eigenvalue weighted by atomic mass is 10.1. The van der Waals surface area contributed by atoms with Gasteiger partial charge in [-0.2, -0.15) is 5.26 Å². The van der Waals surface area contributed by atoms with Crippen LogP contribution in [0.2, 0.25) is 0 Å². The molecule has 26 heavy (non-hydrogen) atoms. The Morgan fingerprint density at radius 3 is 2.77 bits per heavy atom. The number of aromatic nitrogens is 1. The van der Waals surface area contributed by atoms with Crippen LogP contribution in [0.4, 0.5) is 8.78 Å². The molecular formula is C18H22F2N4O2. The standard InChI is InChI=1S/C18H22F2N4O2/c1-11(2)6-14-7-13(4-5-22-14)16(25)23-12(3)17(26)24-10-18(19,20)8-15(24)9-21/h4-5,7,11-12,15H,6,8,10H2,1-3H3,(H,23,25)/t12?,15-/m0/s1. The Morgan fingerprint density at radius 1 is 1.46 bits per heavy atom. The lowest BCUT2D eigenvalue weighted by molar-refractivity contribution is -0.134. The summed E-state index contributed by atoms with van der Waals surface area (Å²) >= 11 is 0. The van der Waals surface area contributed by atoms with Crippen molar-refractivity contribution in [3.63, 3.8) is 0 Å². The second-order valence-corrected chi connectivity index (χ2v) is 7.00. The van der Waals surface area contributed by atoms with E-state index in [0.717, 1.165) is 10.6 Å². The van der Waals surface area contributed by atoms with E-state index in [1.54, 1.807) is 12.1 Å². The molecule has 1 aliphatic rings. The van der Waals surface area contributed by atoms with Crippen LogP contribution in [0.25, 0.3) is 0 Å². The van der Waals surface area contributed by atoms with Gasteiger partial charge in [0.1, 0.15) is 12.1 Å². The molecule has 1 aromatic rings. The first-order valence-electron chi connectivity index (χ1n) is 8.46. The number of halogens is 2.